The van der Waals surface area contributed by atoms with E-state index in [4.69, 9.17) is 25.5 Å². The van der Waals surface area contributed by atoms with E-state index < -0.39 is 0 Å². The second-order valence-corrected chi connectivity index (χ2v) is 11.2. The molecule has 1 aliphatic carbocycles. The molecule has 2 N–H and O–H groups in total. The van der Waals surface area contributed by atoms with Crippen molar-refractivity contribution in [2.24, 2.45) is 0 Å². The molecule has 0 radical (unpaired) electrons. The molecule has 2 aliphatic rings. The Hall–Kier alpha value is -4.06. The summed E-state index contributed by atoms with van der Waals surface area (Å²) in [5, 5.41) is 14.9. The fourth-order valence-electron chi connectivity index (χ4n) is 6.05. The second kappa shape index (κ2) is 11.2. The van der Waals surface area contributed by atoms with E-state index in [0.29, 0.717) is 29.7 Å². The highest BCUT2D eigenvalue weighted by Gasteiger charge is 2.32. The van der Waals surface area contributed by atoms with Gasteiger partial charge in [0.2, 0.25) is 0 Å². The van der Waals surface area contributed by atoms with Gasteiger partial charge in [-0.2, -0.15) is 20.3 Å². The van der Waals surface area contributed by atoms with Gasteiger partial charge in [-0.25, -0.2) is 0 Å². The van der Waals surface area contributed by atoms with E-state index in [1.807, 2.05) is 25.1 Å². The minimum atomic E-state index is 0.160. The highest BCUT2D eigenvalue weighted by atomic mass is 16.5. The van der Waals surface area contributed by atoms with Gasteiger partial charge < -0.3 is 20.3 Å². The van der Waals surface area contributed by atoms with Crippen LogP contribution in [0.25, 0.3) is 5.70 Å². The first-order chi connectivity index (χ1) is 19.2. The van der Waals surface area contributed by atoms with E-state index in [0.717, 1.165) is 79.4 Å². The molecule has 0 spiro atoms. The summed E-state index contributed by atoms with van der Waals surface area (Å²) in [5.74, 6) is 1.44. The normalized spacial score (nSPS) is 17.3. The van der Waals surface area contributed by atoms with E-state index in [-0.39, 0.29) is 5.92 Å². The van der Waals surface area contributed by atoms with Crippen LogP contribution in [0.3, 0.4) is 0 Å². The molecular formula is C31H40N8O. The Morgan fingerprint density at radius 2 is 2.10 bits per heavy atom. The number of aryl methyl sites for hydroxylation is 1. The van der Waals surface area contributed by atoms with E-state index in [2.05, 4.69) is 48.2 Å². The topological polar surface area (TPSA) is 109 Å². The van der Waals surface area contributed by atoms with Crippen LogP contribution in [0, 0.1) is 11.3 Å². The van der Waals surface area contributed by atoms with Crippen molar-refractivity contribution in [3.05, 3.63) is 64.1 Å². The first-order valence-electron chi connectivity index (χ1n) is 14.2. The van der Waals surface area contributed by atoms with Gasteiger partial charge >= 0.3 is 6.01 Å². The maximum Gasteiger partial charge on any atom is 0.318 e. The maximum atomic E-state index is 10.1. The summed E-state index contributed by atoms with van der Waals surface area (Å²) in [4.78, 5) is 14.1. The van der Waals surface area contributed by atoms with Gasteiger partial charge in [0.25, 0.3) is 0 Å². The van der Waals surface area contributed by atoms with Crippen molar-refractivity contribution in [3.8, 4) is 12.1 Å². The Labute approximate surface area is 237 Å². The minimum absolute atomic E-state index is 0.160. The van der Waals surface area contributed by atoms with Crippen LogP contribution in [-0.4, -0.2) is 52.4 Å². The molecule has 0 saturated heterocycles. The van der Waals surface area contributed by atoms with Crippen molar-refractivity contribution >= 4 is 17.2 Å². The molecule has 3 aromatic rings. The number of fused-ring (bicyclic) bond motifs is 2. The fraction of sp³-hybridized carbons (Fsp3) is 0.484. The number of hydrogen-bond acceptors (Lipinski definition) is 8. The predicted molar refractivity (Wildman–Crippen MR) is 158 cm³/mol. The number of anilines is 2. The molecule has 210 valence electrons. The van der Waals surface area contributed by atoms with Gasteiger partial charge in [-0.1, -0.05) is 26.5 Å². The van der Waals surface area contributed by atoms with Gasteiger partial charge in [-0.05, 0) is 67.2 Å². The van der Waals surface area contributed by atoms with Gasteiger partial charge in [0.1, 0.15) is 17.6 Å². The lowest BCUT2D eigenvalue weighted by Gasteiger charge is -2.32. The monoisotopic (exact) mass is 540 g/mol. The van der Waals surface area contributed by atoms with E-state index in [1.165, 1.54) is 11.1 Å². The molecule has 9 heteroatoms. The van der Waals surface area contributed by atoms with E-state index in [1.54, 1.807) is 7.11 Å². The average Bonchev–Trinajstić information content (AvgIpc) is 3.26. The lowest BCUT2D eigenvalue weighted by Crippen LogP contribution is -2.28. The molecule has 0 fully saturated rings. The number of nitriles is 1. The molecule has 40 heavy (non-hydrogen) atoms. The third-order valence-electron chi connectivity index (χ3n) is 8.54. The third kappa shape index (κ3) is 4.99. The fourth-order valence-corrected chi connectivity index (χ4v) is 6.05. The Morgan fingerprint density at radius 1 is 1.30 bits per heavy atom. The number of ether oxygens (including phenoxy) is 1. The van der Waals surface area contributed by atoms with Gasteiger partial charge in [-0.3, -0.25) is 4.68 Å². The number of nitrogen functional groups attached to an aromatic ring is 1. The number of methoxy groups -OCH3 is 1. The summed E-state index contributed by atoms with van der Waals surface area (Å²) in [7, 11) is 5.59. The Kier molecular flexibility index (Phi) is 7.70. The zero-order chi connectivity index (χ0) is 28.6. The molecule has 2 atom stereocenters. The lowest BCUT2D eigenvalue weighted by molar-refractivity contribution is 0.374. The average molecular weight is 541 g/mol. The number of aromatic nitrogens is 4. The number of hydrogen-bond donors (Lipinski definition) is 1. The first kappa shape index (κ1) is 27.5. The predicted octanol–water partition coefficient (Wildman–Crippen LogP) is 4.86. The molecule has 0 amide bonds. The molecule has 9 nitrogen and oxygen atoms in total. The molecule has 0 bridgehead atoms. The van der Waals surface area contributed by atoms with Crippen LogP contribution in [0.1, 0.15) is 84.3 Å². The van der Waals surface area contributed by atoms with Crippen LogP contribution < -0.4 is 15.4 Å². The maximum absolute atomic E-state index is 10.1. The highest BCUT2D eigenvalue weighted by Crippen LogP contribution is 2.42. The summed E-state index contributed by atoms with van der Waals surface area (Å²) in [6, 6.07) is 8.93. The van der Waals surface area contributed by atoms with Crippen molar-refractivity contribution in [1.29, 1.82) is 5.26 Å². The zero-order valence-electron chi connectivity index (χ0n) is 24.4. The first-order valence-corrected chi connectivity index (χ1v) is 14.2. The number of nitrogens with two attached hydrogens (primary N) is 1. The smallest absolute Gasteiger partial charge is 0.318 e. The molecule has 2 aromatic heterocycles. The van der Waals surface area contributed by atoms with Crippen LogP contribution in [0.15, 0.2) is 24.8 Å². The van der Waals surface area contributed by atoms with Crippen molar-refractivity contribution in [2.45, 2.75) is 70.9 Å². The summed E-state index contributed by atoms with van der Waals surface area (Å²) in [6.07, 6.45) is 4.42. The Morgan fingerprint density at radius 3 is 2.80 bits per heavy atom. The lowest BCUT2D eigenvalue weighted by atomic mass is 9.76. The van der Waals surface area contributed by atoms with Crippen molar-refractivity contribution in [1.82, 2.24) is 24.6 Å². The van der Waals surface area contributed by atoms with Crippen LogP contribution >= 0.6 is 0 Å². The highest BCUT2D eigenvalue weighted by molar-refractivity contribution is 5.63. The van der Waals surface area contributed by atoms with Gasteiger partial charge in [0.05, 0.1) is 36.3 Å². The van der Waals surface area contributed by atoms with Crippen LogP contribution in [0.4, 0.5) is 11.5 Å². The number of benzene rings is 1. The third-order valence-corrected chi connectivity index (χ3v) is 8.54. The molecule has 2 unspecified atom stereocenters. The molecule has 3 heterocycles. The summed E-state index contributed by atoms with van der Waals surface area (Å²) in [5.41, 5.74) is 14.9. The quantitative estimate of drug-likeness (QED) is 0.423. The van der Waals surface area contributed by atoms with E-state index in [9.17, 15) is 5.26 Å². The number of nitrogens with zero attached hydrogens (tertiary/aromatic N) is 7. The van der Waals surface area contributed by atoms with Crippen LogP contribution in [0.5, 0.6) is 6.01 Å². The largest absolute Gasteiger partial charge is 0.467 e. The second-order valence-electron chi connectivity index (χ2n) is 11.2. The molecular weight excluding hydrogens is 500 g/mol. The van der Waals surface area contributed by atoms with Gasteiger partial charge in [0.15, 0.2) is 0 Å². The van der Waals surface area contributed by atoms with Crippen molar-refractivity contribution < 1.29 is 4.74 Å². The van der Waals surface area contributed by atoms with Crippen molar-refractivity contribution in [3.63, 3.8) is 0 Å². The van der Waals surface area contributed by atoms with Crippen LogP contribution in [0.2, 0.25) is 0 Å². The summed E-state index contributed by atoms with van der Waals surface area (Å²) < 4.78 is 7.70. The Balaban J connectivity index is 1.52. The molecule has 1 aliphatic heterocycles. The van der Waals surface area contributed by atoms with Crippen LogP contribution in [-0.2, 0) is 25.9 Å². The zero-order valence-corrected chi connectivity index (χ0v) is 24.4. The van der Waals surface area contributed by atoms with Gasteiger partial charge in [-0.15, -0.1) is 0 Å². The molecule has 0 saturated carbocycles. The minimum Gasteiger partial charge on any atom is -0.467 e. The Bertz CT molecular complexity index is 1470. The summed E-state index contributed by atoms with van der Waals surface area (Å²) in [6.45, 7) is 11.0. The van der Waals surface area contributed by atoms with Gasteiger partial charge in [0, 0.05) is 38.4 Å². The standard InChI is InChI=1S/C31H40N8O/c1-7-19(2)23-11-12-26(33)25(17-32)29(23)21-9-10-24-28(15-21)34-31(40-6)35-30(24)38-13-8-14-39-22(18-38)16-27(36-39)20(3)37(4)5/h11-12,16,19,21H,3,7-10,13-15,18,33H2,1-2,4-6H3. The van der Waals surface area contributed by atoms with Crippen molar-refractivity contribution in [2.75, 3.05) is 38.4 Å². The number of rotatable bonds is 7. The molecule has 5 rings (SSSR count). The van der Waals surface area contributed by atoms with E-state index >= 15 is 0 Å². The SMILES string of the molecule is C=C(c1cc2n(n1)CCCN(c1nc(OC)nc3c1CCC(c1c(C(C)CC)ccc(N)c1C#N)C3)C2)N(C)C. The summed E-state index contributed by atoms with van der Waals surface area (Å²) >= 11 is 0. The molecule has 1 aromatic carbocycles.